The summed E-state index contributed by atoms with van der Waals surface area (Å²) in [6.07, 6.45) is 3.50. The molecular formula is C31H40FN5O4S. The van der Waals surface area contributed by atoms with Crippen molar-refractivity contribution >= 4 is 33.2 Å². The molecule has 11 heteroatoms. The zero-order chi connectivity index (χ0) is 29.4. The number of piperazine rings is 1. The smallest absolute Gasteiger partial charge is 0.243 e. The Morgan fingerprint density at radius 1 is 0.905 bits per heavy atom. The highest BCUT2D eigenvalue weighted by atomic mass is 32.2. The molecule has 42 heavy (non-hydrogen) atoms. The summed E-state index contributed by atoms with van der Waals surface area (Å²) >= 11 is 0. The van der Waals surface area contributed by atoms with Gasteiger partial charge >= 0.3 is 0 Å². The molecule has 2 amide bonds. The van der Waals surface area contributed by atoms with E-state index in [4.69, 9.17) is 0 Å². The second-order valence-corrected chi connectivity index (χ2v) is 14.0. The molecule has 1 saturated carbocycles. The number of sulfonamides is 1. The van der Waals surface area contributed by atoms with E-state index in [0.29, 0.717) is 44.6 Å². The van der Waals surface area contributed by atoms with Gasteiger partial charge in [-0.05, 0) is 74.9 Å². The van der Waals surface area contributed by atoms with Gasteiger partial charge in [-0.15, -0.1) is 0 Å². The number of nitrogens with one attached hydrogen (secondary N) is 1. The third kappa shape index (κ3) is 5.91. The molecule has 1 aliphatic carbocycles. The van der Waals surface area contributed by atoms with E-state index >= 15 is 0 Å². The van der Waals surface area contributed by atoms with Crippen LogP contribution in [0.25, 0.3) is 0 Å². The number of para-hydroxylation sites is 1. The quantitative estimate of drug-likeness (QED) is 0.503. The number of piperidine rings is 1. The molecule has 2 saturated heterocycles. The number of halogens is 1. The van der Waals surface area contributed by atoms with Crippen molar-refractivity contribution in [1.29, 1.82) is 0 Å². The summed E-state index contributed by atoms with van der Waals surface area (Å²) in [5.41, 5.74) is 2.37. The van der Waals surface area contributed by atoms with Crippen LogP contribution in [-0.4, -0.2) is 87.8 Å². The molecule has 3 fully saturated rings. The van der Waals surface area contributed by atoms with Gasteiger partial charge in [0.25, 0.3) is 0 Å². The predicted octanol–water partition coefficient (Wildman–Crippen LogP) is 2.85. The Hall–Kier alpha value is -3.02. The third-order valence-corrected chi connectivity index (χ3v) is 11.1. The number of fused-ring (bicyclic) bond motifs is 1. The maximum atomic E-state index is 14.1. The van der Waals surface area contributed by atoms with Gasteiger partial charge in [-0.3, -0.25) is 14.5 Å². The normalized spacial score (nSPS) is 22.3. The molecule has 9 nitrogen and oxygen atoms in total. The van der Waals surface area contributed by atoms with Crippen molar-refractivity contribution in [2.45, 2.75) is 50.0 Å². The van der Waals surface area contributed by atoms with Gasteiger partial charge in [0.05, 0.1) is 10.6 Å². The van der Waals surface area contributed by atoms with E-state index < -0.39 is 10.0 Å². The molecule has 2 aromatic carbocycles. The van der Waals surface area contributed by atoms with Crippen LogP contribution < -0.4 is 15.1 Å². The molecule has 1 N–H and O–H groups in total. The summed E-state index contributed by atoms with van der Waals surface area (Å²) < 4.78 is 42.5. The minimum absolute atomic E-state index is 0.0241. The van der Waals surface area contributed by atoms with Crippen molar-refractivity contribution in [3.8, 4) is 0 Å². The predicted molar refractivity (Wildman–Crippen MR) is 159 cm³/mol. The molecule has 226 valence electrons. The first-order chi connectivity index (χ1) is 20.2. The van der Waals surface area contributed by atoms with E-state index in [-0.39, 0.29) is 40.4 Å². The molecule has 4 aliphatic rings. The van der Waals surface area contributed by atoms with Crippen LogP contribution in [0, 0.1) is 17.7 Å². The van der Waals surface area contributed by atoms with Gasteiger partial charge in [0.1, 0.15) is 5.82 Å². The van der Waals surface area contributed by atoms with E-state index in [1.54, 1.807) is 30.3 Å². The topological polar surface area (TPSA) is 93.3 Å². The van der Waals surface area contributed by atoms with Crippen LogP contribution in [0.5, 0.6) is 0 Å². The third-order valence-electron chi connectivity index (χ3n) is 9.19. The molecule has 3 aliphatic heterocycles. The summed E-state index contributed by atoms with van der Waals surface area (Å²) in [7, 11) is -3.69. The van der Waals surface area contributed by atoms with Crippen LogP contribution in [0.3, 0.4) is 0 Å². The van der Waals surface area contributed by atoms with Gasteiger partial charge in [-0.1, -0.05) is 12.1 Å². The fraction of sp³-hybridized carbons (Fsp3) is 0.548. The van der Waals surface area contributed by atoms with E-state index in [2.05, 4.69) is 15.1 Å². The zero-order valence-electron chi connectivity index (χ0n) is 24.2. The molecule has 0 unspecified atom stereocenters. The Kier molecular flexibility index (Phi) is 8.26. The van der Waals surface area contributed by atoms with Gasteiger partial charge < -0.3 is 15.1 Å². The standard InChI is InChI=1S/C31H40FN5O4S/c1-22-20-25-21-26(8-9-28(25)37(22)31(39)24-6-7-24)42(40,41)36-13-10-23(11-14-36)30(38)33-12-15-34-16-18-35(19-17-34)29-5-3-2-4-27(29)32/h2-5,8-9,21-24H,6-7,10-20H2,1H3,(H,33,38)/t22-/m1/s1. The first-order valence-electron chi connectivity index (χ1n) is 15.2. The van der Waals surface area contributed by atoms with Crippen LogP contribution in [-0.2, 0) is 26.0 Å². The lowest BCUT2D eigenvalue weighted by Gasteiger charge is -2.36. The van der Waals surface area contributed by atoms with E-state index in [1.807, 2.05) is 17.9 Å². The Morgan fingerprint density at radius 2 is 1.62 bits per heavy atom. The minimum Gasteiger partial charge on any atom is -0.367 e. The second kappa shape index (κ2) is 11.9. The highest BCUT2D eigenvalue weighted by molar-refractivity contribution is 7.89. The van der Waals surface area contributed by atoms with Crippen LogP contribution in [0.2, 0.25) is 0 Å². The molecule has 1 atom stereocenters. The molecule has 3 heterocycles. The van der Waals surface area contributed by atoms with Crippen molar-refractivity contribution in [2.24, 2.45) is 11.8 Å². The van der Waals surface area contributed by atoms with Gasteiger partial charge in [-0.2, -0.15) is 4.31 Å². The van der Waals surface area contributed by atoms with Gasteiger partial charge in [0.15, 0.2) is 0 Å². The first-order valence-corrected chi connectivity index (χ1v) is 16.6. The summed E-state index contributed by atoms with van der Waals surface area (Å²) in [6, 6.07) is 12.0. The molecule has 0 spiro atoms. The highest BCUT2D eigenvalue weighted by Crippen LogP contribution is 2.40. The summed E-state index contributed by atoms with van der Waals surface area (Å²) in [5.74, 6) is -0.170. The number of anilines is 2. The molecule has 0 radical (unpaired) electrons. The largest absolute Gasteiger partial charge is 0.367 e. The van der Waals surface area contributed by atoms with Gasteiger partial charge in [0.2, 0.25) is 21.8 Å². The molecule has 0 aromatic heterocycles. The van der Waals surface area contributed by atoms with Gasteiger partial charge in [0, 0.05) is 75.9 Å². The Labute approximate surface area is 247 Å². The van der Waals surface area contributed by atoms with Crippen LogP contribution in [0.1, 0.15) is 38.2 Å². The number of benzene rings is 2. The lowest BCUT2D eigenvalue weighted by Crippen LogP contribution is -2.49. The minimum atomic E-state index is -3.69. The van der Waals surface area contributed by atoms with E-state index in [0.717, 1.165) is 56.8 Å². The lowest BCUT2D eigenvalue weighted by molar-refractivity contribution is -0.126. The van der Waals surface area contributed by atoms with Crippen molar-refractivity contribution < 1.29 is 22.4 Å². The number of amides is 2. The average Bonchev–Trinajstić information content (AvgIpc) is 3.79. The summed E-state index contributed by atoms with van der Waals surface area (Å²) in [4.78, 5) is 32.1. The van der Waals surface area contributed by atoms with Crippen LogP contribution >= 0.6 is 0 Å². The Morgan fingerprint density at radius 3 is 2.31 bits per heavy atom. The number of rotatable bonds is 8. The Bertz CT molecular complexity index is 1430. The van der Waals surface area contributed by atoms with Crippen molar-refractivity contribution in [3.63, 3.8) is 0 Å². The average molecular weight is 598 g/mol. The fourth-order valence-corrected chi connectivity index (χ4v) is 8.06. The highest BCUT2D eigenvalue weighted by Gasteiger charge is 2.40. The number of carbonyl (C=O) groups is 2. The second-order valence-electron chi connectivity index (χ2n) is 12.1. The van der Waals surface area contributed by atoms with Crippen molar-refractivity contribution in [1.82, 2.24) is 14.5 Å². The lowest BCUT2D eigenvalue weighted by atomic mass is 9.97. The monoisotopic (exact) mass is 597 g/mol. The molecule has 0 bridgehead atoms. The molecule has 6 rings (SSSR count). The molecule has 2 aromatic rings. The summed E-state index contributed by atoms with van der Waals surface area (Å²) in [5, 5.41) is 3.04. The maximum Gasteiger partial charge on any atom is 0.243 e. The van der Waals surface area contributed by atoms with E-state index in [9.17, 15) is 22.4 Å². The van der Waals surface area contributed by atoms with E-state index in [1.165, 1.54) is 10.4 Å². The SMILES string of the molecule is C[C@@H]1Cc2cc(S(=O)(=O)N3CCC(C(=O)NCCN4CCN(c5ccccc5F)CC4)CC3)ccc2N1C(=O)C1CC1. The maximum absolute atomic E-state index is 14.1. The number of hydrogen-bond acceptors (Lipinski definition) is 6. The van der Waals surface area contributed by atoms with Crippen molar-refractivity contribution in [3.05, 3.63) is 53.8 Å². The van der Waals surface area contributed by atoms with Gasteiger partial charge in [-0.25, -0.2) is 12.8 Å². The summed E-state index contributed by atoms with van der Waals surface area (Å²) in [6.45, 7) is 6.96. The number of hydrogen-bond donors (Lipinski definition) is 1. The number of carbonyl (C=O) groups excluding carboxylic acids is 2. The molecular weight excluding hydrogens is 557 g/mol. The Balaban J connectivity index is 0.959. The fourth-order valence-electron chi connectivity index (χ4n) is 6.54. The first kappa shape index (κ1) is 29.1. The van der Waals surface area contributed by atoms with Crippen LogP contribution in [0.4, 0.5) is 15.8 Å². The van der Waals surface area contributed by atoms with Crippen molar-refractivity contribution in [2.75, 3.05) is 62.2 Å². The zero-order valence-corrected chi connectivity index (χ0v) is 25.0. The number of nitrogens with zero attached hydrogens (tertiary/aromatic N) is 4. The van der Waals surface area contributed by atoms with Crippen LogP contribution in [0.15, 0.2) is 47.4 Å².